The van der Waals surface area contributed by atoms with Crippen LogP contribution in [-0.4, -0.2) is 34.6 Å². The highest BCUT2D eigenvalue weighted by atomic mass is 16.3. The van der Waals surface area contributed by atoms with Gasteiger partial charge >= 0.3 is 0 Å². The van der Waals surface area contributed by atoms with E-state index < -0.39 is 5.91 Å². The number of nitrogens with zero attached hydrogens (tertiary/aromatic N) is 1. The third-order valence-corrected chi connectivity index (χ3v) is 2.99. The van der Waals surface area contributed by atoms with E-state index in [1.807, 2.05) is 13.8 Å². The monoisotopic (exact) mass is 331 g/mol. The number of hydrogen-bond acceptors (Lipinski definition) is 5. The number of hydrogen-bond donors (Lipinski definition) is 4. The number of benzene rings is 1. The summed E-state index contributed by atoms with van der Waals surface area (Å²) in [5, 5.41) is 33.0. The maximum atomic E-state index is 11.9. The average Bonchev–Trinajstić information content (AvgIpc) is 2.51. The van der Waals surface area contributed by atoms with Crippen LogP contribution in [-0.2, 0) is 9.59 Å². The Morgan fingerprint density at radius 2 is 2.00 bits per heavy atom. The molecule has 7 nitrogen and oxygen atoms in total. The molecule has 0 heterocycles. The number of phenols is 2. The number of phenolic OH excluding ortho intramolecular Hbond substituents is 2. The first-order valence-electron chi connectivity index (χ1n) is 7.54. The van der Waals surface area contributed by atoms with Crippen molar-refractivity contribution in [3.63, 3.8) is 0 Å². The Balaban J connectivity index is 2.55. The van der Waals surface area contributed by atoms with Crippen molar-refractivity contribution < 1.29 is 19.8 Å². The molecule has 0 bridgehead atoms. The highest BCUT2D eigenvalue weighted by molar-refractivity contribution is 6.01. The molecule has 2 amide bonds. The molecule has 0 saturated carbocycles. The zero-order valence-corrected chi connectivity index (χ0v) is 13.7. The molecule has 0 radical (unpaired) electrons. The van der Waals surface area contributed by atoms with Crippen molar-refractivity contribution in [2.45, 2.75) is 32.7 Å². The minimum absolute atomic E-state index is 0.0712. The van der Waals surface area contributed by atoms with Crippen LogP contribution in [0.3, 0.4) is 0 Å². The first-order chi connectivity index (χ1) is 11.3. The van der Waals surface area contributed by atoms with Gasteiger partial charge in [0.05, 0.1) is 0 Å². The lowest BCUT2D eigenvalue weighted by Gasteiger charge is -2.08. The second-order valence-corrected chi connectivity index (χ2v) is 5.50. The highest BCUT2D eigenvalue weighted by Gasteiger charge is 2.10. The molecule has 0 aliphatic rings. The van der Waals surface area contributed by atoms with Crippen LogP contribution >= 0.6 is 0 Å². The summed E-state index contributed by atoms with van der Waals surface area (Å²) in [5.74, 6) is -1.27. The molecule has 0 fully saturated rings. The Morgan fingerprint density at radius 3 is 2.58 bits per heavy atom. The molecule has 0 saturated heterocycles. The van der Waals surface area contributed by atoms with Crippen molar-refractivity contribution in [2.75, 3.05) is 6.54 Å². The van der Waals surface area contributed by atoms with E-state index in [4.69, 9.17) is 5.26 Å². The molecular weight excluding hydrogens is 310 g/mol. The van der Waals surface area contributed by atoms with Gasteiger partial charge in [0, 0.05) is 19.0 Å². The number of rotatable bonds is 7. The predicted octanol–water partition coefficient (Wildman–Crippen LogP) is 1.43. The van der Waals surface area contributed by atoms with Crippen molar-refractivity contribution in [2.24, 2.45) is 0 Å². The van der Waals surface area contributed by atoms with Gasteiger partial charge in [0.2, 0.25) is 5.91 Å². The van der Waals surface area contributed by atoms with Crippen LogP contribution in [0.5, 0.6) is 11.5 Å². The number of nitrogens with one attached hydrogen (secondary N) is 2. The van der Waals surface area contributed by atoms with E-state index in [1.54, 1.807) is 6.07 Å². The van der Waals surface area contributed by atoms with Gasteiger partial charge in [-0.2, -0.15) is 5.26 Å². The van der Waals surface area contributed by atoms with Crippen molar-refractivity contribution in [1.82, 2.24) is 10.6 Å². The molecular formula is C17H21N3O4. The van der Waals surface area contributed by atoms with Crippen molar-refractivity contribution in [3.05, 3.63) is 29.3 Å². The summed E-state index contributed by atoms with van der Waals surface area (Å²) < 4.78 is 0. The molecule has 24 heavy (non-hydrogen) atoms. The van der Waals surface area contributed by atoms with E-state index in [1.165, 1.54) is 24.3 Å². The fourth-order valence-corrected chi connectivity index (χ4v) is 1.89. The van der Waals surface area contributed by atoms with Gasteiger partial charge in [0.1, 0.15) is 11.6 Å². The second-order valence-electron chi connectivity index (χ2n) is 5.50. The molecule has 0 spiro atoms. The lowest BCUT2D eigenvalue weighted by molar-refractivity contribution is -0.122. The standard InChI is InChI=1S/C17H21N3O4/c1-11(2)20-16(23)4-3-7-19-17(24)13(10-18)8-12-5-6-14(21)15(22)9-12/h5-6,8-9,11,21-22H,3-4,7H2,1-2H3,(H,19,24)(H,20,23)/b13-8+. The fourth-order valence-electron chi connectivity index (χ4n) is 1.89. The summed E-state index contributed by atoms with van der Waals surface area (Å²) in [6.07, 6.45) is 2.05. The molecule has 1 aromatic rings. The number of carbonyl (C=O) groups is 2. The van der Waals surface area contributed by atoms with Gasteiger partial charge in [0.15, 0.2) is 11.5 Å². The average molecular weight is 331 g/mol. The molecule has 0 aliphatic carbocycles. The van der Waals surface area contributed by atoms with E-state index in [-0.39, 0.29) is 42.0 Å². The van der Waals surface area contributed by atoms with Crippen LogP contribution in [0.4, 0.5) is 0 Å². The summed E-state index contributed by atoms with van der Waals surface area (Å²) >= 11 is 0. The van der Waals surface area contributed by atoms with Crippen molar-refractivity contribution >= 4 is 17.9 Å². The molecule has 0 aliphatic heterocycles. The first-order valence-corrected chi connectivity index (χ1v) is 7.54. The van der Waals surface area contributed by atoms with Crippen molar-refractivity contribution in [3.8, 4) is 17.6 Å². The maximum absolute atomic E-state index is 11.9. The van der Waals surface area contributed by atoms with Gasteiger partial charge in [-0.15, -0.1) is 0 Å². The van der Waals surface area contributed by atoms with Gasteiger partial charge in [-0.25, -0.2) is 0 Å². The Bertz CT molecular complexity index is 675. The largest absolute Gasteiger partial charge is 0.504 e. The van der Waals surface area contributed by atoms with E-state index >= 15 is 0 Å². The predicted molar refractivity (Wildman–Crippen MR) is 88.9 cm³/mol. The summed E-state index contributed by atoms with van der Waals surface area (Å²) in [6, 6.07) is 5.84. The normalized spacial score (nSPS) is 11.0. The Kier molecular flexibility index (Phi) is 7.30. The number of carbonyl (C=O) groups excluding carboxylic acids is 2. The Labute approximate surface area is 140 Å². The molecule has 4 N–H and O–H groups in total. The van der Waals surface area contributed by atoms with Gasteiger partial charge in [-0.3, -0.25) is 9.59 Å². The van der Waals surface area contributed by atoms with Crippen LogP contribution in [0.15, 0.2) is 23.8 Å². The van der Waals surface area contributed by atoms with E-state index in [2.05, 4.69) is 10.6 Å². The van der Waals surface area contributed by atoms with Crippen LogP contribution in [0, 0.1) is 11.3 Å². The lowest BCUT2D eigenvalue weighted by Crippen LogP contribution is -2.31. The first kappa shape index (κ1) is 19.0. The molecule has 7 heteroatoms. The fraction of sp³-hybridized carbons (Fsp3) is 0.353. The zero-order valence-electron chi connectivity index (χ0n) is 13.7. The van der Waals surface area contributed by atoms with Crippen molar-refractivity contribution in [1.29, 1.82) is 5.26 Å². The van der Waals surface area contributed by atoms with Crippen LogP contribution in [0.2, 0.25) is 0 Å². The summed E-state index contributed by atoms with van der Waals surface area (Å²) in [6.45, 7) is 4.00. The lowest BCUT2D eigenvalue weighted by atomic mass is 10.1. The quantitative estimate of drug-likeness (QED) is 0.260. The third kappa shape index (κ3) is 6.40. The topological polar surface area (TPSA) is 122 Å². The second kappa shape index (κ2) is 9.20. The molecule has 1 rings (SSSR count). The SMILES string of the molecule is CC(C)NC(=O)CCCNC(=O)/C(C#N)=C/c1ccc(O)c(O)c1. The molecule has 1 aromatic carbocycles. The van der Waals surface area contributed by atoms with E-state index in [0.717, 1.165) is 0 Å². The zero-order chi connectivity index (χ0) is 18.1. The molecule has 0 unspecified atom stereocenters. The number of amides is 2. The molecule has 128 valence electrons. The molecule has 0 aromatic heterocycles. The minimum atomic E-state index is -0.561. The summed E-state index contributed by atoms with van der Waals surface area (Å²) in [5.41, 5.74) is 0.278. The molecule has 0 atom stereocenters. The Morgan fingerprint density at radius 1 is 1.29 bits per heavy atom. The smallest absolute Gasteiger partial charge is 0.261 e. The van der Waals surface area contributed by atoms with Crippen LogP contribution in [0.1, 0.15) is 32.3 Å². The number of nitriles is 1. The van der Waals surface area contributed by atoms with Gasteiger partial charge < -0.3 is 20.8 Å². The minimum Gasteiger partial charge on any atom is -0.504 e. The highest BCUT2D eigenvalue weighted by Crippen LogP contribution is 2.25. The van der Waals surface area contributed by atoms with E-state index in [9.17, 15) is 19.8 Å². The summed E-state index contributed by atoms with van der Waals surface area (Å²) in [4.78, 5) is 23.4. The third-order valence-electron chi connectivity index (χ3n) is 2.99. The van der Waals surface area contributed by atoms with Gasteiger partial charge in [-0.1, -0.05) is 6.07 Å². The number of aromatic hydroxyl groups is 2. The van der Waals surface area contributed by atoms with Crippen LogP contribution < -0.4 is 10.6 Å². The van der Waals surface area contributed by atoms with Crippen LogP contribution in [0.25, 0.3) is 6.08 Å². The van der Waals surface area contributed by atoms with Gasteiger partial charge in [-0.05, 0) is 44.0 Å². The van der Waals surface area contributed by atoms with Gasteiger partial charge in [0.25, 0.3) is 5.91 Å². The Hall–Kier alpha value is -3.01. The summed E-state index contributed by atoms with van der Waals surface area (Å²) in [7, 11) is 0. The maximum Gasteiger partial charge on any atom is 0.261 e. The van der Waals surface area contributed by atoms with E-state index in [0.29, 0.717) is 12.0 Å².